The smallest absolute Gasteiger partial charge is 0.123 e. The summed E-state index contributed by atoms with van der Waals surface area (Å²) in [6.07, 6.45) is 8.08. The molecule has 0 amide bonds. The number of hydrogen-bond acceptors (Lipinski definition) is 5. The van der Waals surface area contributed by atoms with Crippen molar-refractivity contribution in [3.05, 3.63) is 47.0 Å². The van der Waals surface area contributed by atoms with Crippen LogP contribution < -0.4 is 5.73 Å². The molecule has 3 heterocycles. The molecule has 1 aromatic rings. The van der Waals surface area contributed by atoms with Crippen molar-refractivity contribution >= 4 is 11.9 Å². The van der Waals surface area contributed by atoms with E-state index in [-0.39, 0.29) is 6.04 Å². The van der Waals surface area contributed by atoms with E-state index in [0.717, 1.165) is 55.7 Å². The van der Waals surface area contributed by atoms with Gasteiger partial charge < -0.3 is 10.5 Å². The Morgan fingerprint density at radius 3 is 2.27 bits per heavy atom. The van der Waals surface area contributed by atoms with Crippen molar-refractivity contribution in [3.63, 3.8) is 0 Å². The first kappa shape index (κ1) is 22.2. The number of halogens is 2. The Morgan fingerprint density at radius 1 is 0.933 bits per heavy atom. The number of ether oxygens (including phenoxy) is 1. The van der Waals surface area contributed by atoms with Crippen LogP contribution in [0.15, 0.2) is 35.4 Å². The molecule has 166 valence electrons. The maximum Gasteiger partial charge on any atom is 0.123 e. The lowest BCUT2D eigenvalue weighted by molar-refractivity contribution is 0.00905. The van der Waals surface area contributed by atoms with E-state index in [2.05, 4.69) is 21.2 Å². The van der Waals surface area contributed by atoms with Gasteiger partial charge in [0.1, 0.15) is 11.6 Å². The molecule has 7 heteroatoms. The fourth-order valence-corrected chi connectivity index (χ4v) is 6.27. The minimum absolute atomic E-state index is 0.229. The van der Waals surface area contributed by atoms with Gasteiger partial charge in [-0.3, -0.25) is 4.90 Å². The molecule has 5 rings (SSSR count). The van der Waals surface area contributed by atoms with Gasteiger partial charge in [-0.2, -0.15) is 0 Å². The fraction of sp³-hybridized carbons (Fsp3) is 0.652. The van der Waals surface area contributed by atoms with E-state index in [1.807, 2.05) is 0 Å². The van der Waals surface area contributed by atoms with Crippen LogP contribution in [0.25, 0.3) is 0 Å². The summed E-state index contributed by atoms with van der Waals surface area (Å²) in [5, 5.41) is 0.891. The standard InChI is InChI=1S/C17H29N3OS.C6H4F2/c18-15-7-16(12-21-11-15)19-6-5-13-9-20(10-14(13)8-19)22-17-3-1-2-4-17;7-5-1-2-6(8)4-3-5/h15-17H,1-12,18H2;1-4H. The van der Waals surface area contributed by atoms with Gasteiger partial charge in [0.2, 0.25) is 0 Å². The van der Waals surface area contributed by atoms with Crippen molar-refractivity contribution in [2.75, 3.05) is 39.4 Å². The topological polar surface area (TPSA) is 41.7 Å². The molecule has 2 atom stereocenters. The Bertz CT molecular complexity index is 703. The molecule has 2 unspecified atom stereocenters. The van der Waals surface area contributed by atoms with Crippen LogP contribution in [0.4, 0.5) is 8.78 Å². The molecular formula is C23H33F2N3OS. The predicted molar refractivity (Wildman–Crippen MR) is 118 cm³/mol. The van der Waals surface area contributed by atoms with Gasteiger partial charge in [-0.05, 0) is 55.5 Å². The molecule has 3 aliphatic heterocycles. The molecule has 2 N–H and O–H groups in total. The highest BCUT2D eigenvalue weighted by Crippen LogP contribution is 2.37. The number of nitrogens with zero attached hydrogens (tertiary/aromatic N) is 2. The third kappa shape index (κ3) is 6.04. The van der Waals surface area contributed by atoms with Crippen LogP contribution in [0.2, 0.25) is 0 Å². The number of benzene rings is 1. The summed E-state index contributed by atoms with van der Waals surface area (Å²) < 4.78 is 32.1. The predicted octanol–water partition coefficient (Wildman–Crippen LogP) is 3.98. The summed E-state index contributed by atoms with van der Waals surface area (Å²) in [6, 6.07) is 5.08. The third-order valence-corrected chi connectivity index (χ3v) is 7.79. The fourth-order valence-electron chi connectivity index (χ4n) is 4.84. The van der Waals surface area contributed by atoms with E-state index >= 15 is 0 Å². The number of nitrogens with two attached hydrogens (primary N) is 1. The molecule has 1 saturated carbocycles. The molecule has 0 aromatic heterocycles. The van der Waals surface area contributed by atoms with E-state index in [0.29, 0.717) is 6.04 Å². The SMILES string of the molecule is Fc1ccc(F)cc1.NC1COCC(N2CCC3=C(CN(SC4CCCC4)C3)C2)C1. The van der Waals surface area contributed by atoms with Gasteiger partial charge in [0.25, 0.3) is 0 Å². The Morgan fingerprint density at radius 2 is 1.60 bits per heavy atom. The zero-order chi connectivity index (χ0) is 20.9. The first-order chi connectivity index (χ1) is 14.6. The summed E-state index contributed by atoms with van der Waals surface area (Å²) >= 11 is 2.15. The van der Waals surface area contributed by atoms with E-state index in [9.17, 15) is 8.78 Å². The minimum atomic E-state index is -0.411. The summed E-state index contributed by atoms with van der Waals surface area (Å²) in [5.41, 5.74) is 9.49. The first-order valence-electron chi connectivity index (χ1n) is 11.2. The van der Waals surface area contributed by atoms with Gasteiger partial charge in [0.15, 0.2) is 0 Å². The normalized spacial score (nSPS) is 28.4. The van der Waals surface area contributed by atoms with Crippen LogP contribution in [-0.4, -0.2) is 65.9 Å². The quantitative estimate of drug-likeness (QED) is 0.572. The van der Waals surface area contributed by atoms with Gasteiger partial charge in [0, 0.05) is 43.5 Å². The van der Waals surface area contributed by atoms with Gasteiger partial charge in [-0.1, -0.05) is 30.4 Å². The van der Waals surface area contributed by atoms with Crippen molar-refractivity contribution in [1.82, 2.24) is 9.21 Å². The molecule has 2 fully saturated rings. The highest BCUT2D eigenvalue weighted by molar-refractivity contribution is 7.97. The Balaban J connectivity index is 0.000000230. The van der Waals surface area contributed by atoms with Crippen LogP contribution in [0, 0.1) is 11.6 Å². The lowest BCUT2D eigenvalue weighted by Gasteiger charge is -2.38. The van der Waals surface area contributed by atoms with Crippen molar-refractivity contribution in [2.45, 2.75) is 55.9 Å². The number of rotatable bonds is 3. The maximum atomic E-state index is 11.9. The minimum Gasteiger partial charge on any atom is -0.378 e. The Kier molecular flexibility index (Phi) is 7.81. The third-order valence-electron chi connectivity index (χ3n) is 6.47. The molecule has 1 aliphatic carbocycles. The Hall–Kier alpha value is -0.990. The second-order valence-corrected chi connectivity index (χ2v) is 10.3. The number of hydrogen-bond donors (Lipinski definition) is 1. The molecule has 0 spiro atoms. The lowest BCUT2D eigenvalue weighted by Crippen LogP contribution is -2.50. The molecule has 1 saturated heterocycles. The van der Waals surface area contributed by atoms with Crippen LogP contribution in [-0.2, 0) is 4.74 Å². The van der Waals surface area contributed by atoms with Crippen LogP contribution >= 0.6 is 11.9 Å². The second kappa shape index (κ2) is 10.6. The van der Waals surface area contributed by atoms with Gasteiger partial charge >= 0.3 is 0 Å². The average Bonchev–Trinajstić information content (AvgIpc) is 3.39. The average molecular weight is 438 g/mol. The van der Waals surface area contributed by atoms with Gasteiger partial charge in [-0.15, -0.1) is 0 Å². The monoisotopic (exact) mass is 437 g/mol. The molecule has 0 bridgehead atoms. The zero-order valence-corrected chi connectivity index (χ0v) is 18.4. The van der Waals surface area contributed by atoms with Crippen LogP contribution in [0.3, 0.4) is 0 Å². The second-order valence-electron chi connectivity index (χ2n) is 8.86. The first-order valence-corrected chi connectivity index (χ1v) is 12.0. The molecule has 4 nitrogen and oxygen atoms in total. The molecule has 1 aromatic carbocycles. The van der Waals surface area contributed by atoms with Crippen molar-refractivity contribution in [1.29, 1.82) is 0 Å². The largest absolute Gasteiger partial charge is 0.378 e. The molecular weight excluding hydrogens is 404 g/mol. The summed E-state index contributed by atoms with van der Waals surface area (Å²) in [6.45, 7) is 6.36. The maximum absolute atomic E-state index is 11.9. The van der Waals surface area contributed by atoms with Crippen molar-refractivity contribution in [3.8, 4) is 0 Å². The van der Waals surface area contributed by atoms with E-state index < -0.39 is 11.6 Å². The molecule has 4 aliphatic rings. The summed E-state index contributed by atoms with van der Waals surface area (Å²) in [7, 11) is 0. The van der Waals surface area contributed by atoms with Crippen LogP contribution in [0.1, 0.15) is 38.5 Å². The highest BCUT2D eigenvalue weighted by Gasteiger charge is 2.33. The molecule has 0 radical (unpaired) electrons. The molecule has 30 heavy (non-hydrogen) atoms. The van der Waals surface area contributed by atoms with Crippen molar-refractivity contribution < 1.29 is 13.5 Å². The van der Waals surface area contributed by atoms with Crippen molar-refractivity contribution in [2.24, 2.45) is 5.73 Å². The highest BCUT2D eigenvalue weighted by atomic mass is 32.2. The zero-order valence-electron chi connectivity index (χ0n) is 17.6. The van der Waals surface area contributed by atoms with Gasteiger partial charge in [0.05, 0.1) is 13.2 Å². The lowest BCUT2D eigenvalue weighted by atomic mass is 9.98. The van der Waals surface area contributed by atoms with Gasteiger partial charge in [-0.25, -0.2) is 13.1 Å². The van der Waals surface area contributed by atoms with E-state index in [1.54, 1.807) is 11.1 Å². The van der Waals surface area contributed by atoms with E-state index in [1.165, 1.54) is 51.7 Å². The summed E-state index contributed by atoms with van der Waals surface area (Å²) in [5.74, 6) is -0.821. The summed E-state index contributed by atoms with van der Waals surface area (Å²) in [4.78, 5) is 2.63. The van der Waals surface area contributed by atoms with E-state index in [4.69, 9.17) is 10.5 Å². The van der Waals surface area contributed by atoms with Crippen LogP contribution in [0.5, 0.6) is 0 Å². The Labute approximate surface area is 182 Å².